The summed E-state index contributed by atoms with van der Waals surface area (Å²) in [6, 6.07) is 16.2. The molecule has 0 fully saturated rings. The Morgan fingerprint density at radius 2 is 1.75 bits per heavy atom. The number of hydrogen-bond donors (Lipinski definition) is 0. The highest BCUT2D eigenvalue weighted by Gasteiger charge is 2.11. The lowest BCUT2D eigenvalue weighted by Crippen LogP contribution is -2.09. The fraction of sp³-hybridized carbons (Fsp3) is 0.118. The Morgan fingerprint density at radius 1 is 1.10 bits per heavy atom. The summed E-state index contributed by atoms with van der Waals surface area (Å²) in [5.74, 6) is -0.563. The Hall–Kier alpha value is -2.55. The van der Waals surface area contributed by atoms with Gasteiger partial charge in [0.05, 0.1) is 0 Å². The van der Waals surface area contributed by atoms with E-state index in [-0.39, 0.29) is 5.75 Å². The first kappa shape index (κ1) is 13.9. The zero-order valence-corrected chi connectivity index (χ0v) is 11.2. The quantitative estimate of drug-likeness (QED) is 0.800. The van der Waals surface area contributed by atoms with Crippen LogP contribution in [-0.4, -0.2) is 5.97 Å². The predicted octanol–water partition coefficient (Wildman–Crippen LogP) is 3.08. The van der Waals surface area contributed by atoms with Gasteiger partial charge in [0.2, 0.25) is 0 Å². The fourth-order valence-electron chi connectivity index (χ4n) is 1.86. The lowest BCUT2D eigenvalue weighted by atomic mass is 10.1. The fourth-order valence-corrected chi connectivity index (χ4v) is 1.86. The summed E-state index contributed by atoms with van der Waals surface area (Å²) >= 11 is 0. The number of carbonyl (C=O) groups is 1. The van der Waals surface area contributed by atoms with E-state index in [1.54, 1.807) is 24.3 Å². The van der Waals surface area contributed by atoms with Crippen LogP contribution in [0.3, 0.4) is 0 Å². The maximum absolute atomic E-state index is 11.8. The average Bonchev–Trinajstić information content (AvgIpc) is 2.45. The molecular formula is C17H15O3-. The molecule has 3 nitrogen and oxygen atoms in total. The molecular weight excluding hydrogens is 252 g/mol. The molecule has 2 rings (SSSR count). The number of esters is 1. The molecule has 3 heteroatoms. The van der Waals surface area contributed by atoms with E-state index in [1.807, 2.05) is 36.4 Å². The zero-order chi connectivity index (χ0) is 14.4. The Morgan fingerprint density at radius 3 is 2.40 bits per heavy atom. The van der Waals surface area contributed by atoms with E-state index in [1.165, 1.54) is 13.0 Å². The van der Waals surface area contributed by atoms with Gasteiger partial charge < -0.3 is 9.84 Å². The molecule has 2 aromatic rings. The molecule has 0 saturated heterocycles. The minimum absolute atomic E-state index is 0.142. The van der Waals surface area contributed by atoms with Gasteiger partial charge in [-0.1, -0.05) is 60.7 Å². The maximum atomic E-state index is 11.8. The number of benzene rings is 2. The van der Waals surface area contributed by atoms with Crippen LogP contribution in [0.1, 0.15) is 24.2 Å². The van der Waals surface area contributed by atoms with Crippen molar-refractivity contribution in [2.75, 3.05) is 0 Å². The Labute approximate surface area is 118 Å². The van der Waals surface area contributed by atoms with Gasteiger partial charge in [0, 0.05) is 6.92 Å². The van der Waals surface area contributed by atoms with Crippen LogP contribution >= 0.6 is 0 Å². The summed E-state index contributed by atoms with van der Waals surface area (Å²) in [6.45, 7) is 1.33. The van der Waals surface area contributed by atoms with Crippen molar-refractivity contribution in [1.29, 1.82) is 0 Å². The normalized spacial score (nSPS) is 12.2. The van der Waals surface area contributed by atoms with Gasteiger partial charge in [-0.2, -0.15) is 0 Å². The van der Waals surface area contributed by atoms with Crippen molar-refractivity contribution in [2.24, 2.45) is 0 Å². The van der Waals surface area contributed by atoms with Gasteiger partial charge in [-0.3, -0.25) is 4.79 Å². The van der Waals surface area contributed by atoms with Gasteiger partial charge in [0.1, 0.15) is 6.10 Å². The molecule has 2 aromatic carbocycles. The number of ether oxygens (including phenoxy) is 1. The van der Waals surface area contributed by atoms with Crippen LogP contribution in [0.25, 0.3) is 6.08 Å². The third kappa shape index (κ3) is 3.72. The second-order valence-electron chi connectivity index (χ2n) is 4.34. The highest BCUT2D eigenvalue weighted by molar-refractivity contribution is 5.67. The lowest BCUT2D eigenvalue weighted by Gasteiger charge is -2.20. The molecule has 1 unspecified atom stereocenters. The molecule has 0 aliphatic heterocycles. The smallest absolute Gasteiger partial charge is 0.303 e. The number of rotatable bonds is 4. The monoisotopic (exact) mass is 267 g/mol. The maximum Gasteiger partial charge on any atom is 0.303 e. The van der Waals surface area contributed by atoms with E-state index in [2.05, 4.69) is 0 Å². The molecule has 0 saturated carbocycles. The molecule has 20 heavy (non-hydrogen) atoms. The third-order valence-electron chi connectivity index (χ3n) is 2.78. The van der Waals surface area contributed by atoms with Crippen LogP contribution in [0.2, 0.25) is 0 Å². The molecule has 0 spiro atoms. The average molecular weight is 267 g/mol. The minimum atomic E-state index is -0.665. The van der Waals surface area contributed by atoms with Crippen molar-refractivity contribution in [3.63, 3.8) is 0 Å². The van der Waals surface area contributed by atoms with Crippen molar-refractivity contribution in [3.05, 3.63) is 71.8 Å². The summed E-state index contributed by atoms with van der Waals surface area (Å²) < 4.78 is 5.21. The van der Waals surface area contributed by atoms with Gasteiger partial charge in [-0.15, -0.1) is 5.75 Å². The molecule has 0 heterocycles. The van der Waals surface area contributed by atoms with E-state index < -0.39 is 12.1 Å². The lowest BCUT2D eigenvalue weighted by molar-refractivity contribution is -0.270. The van der Waals surface area contributed by atoms with Crippen molar-refractivity contribution in [1.82, 2.24) is 0 Å². The second kappa shape index (κ2) is 6.57. The summed E-state index contributed by atoms with van der Waals surface area (Å²) in [6.07, 6.45) is 2.88. The van der Waals surface area contributed by atoms with Crippen LogP contribution in [0.5, 0.6) is 5.75 Å². The summed E-state index contributed by atoms with van der Waals surface area (Å²) in [4.78, 5) is 11.2. The SMILES string of the molecule is CC(=O)OC(/C=C/c1ccccc1)c1ccccc1[O-]. The molecule has 102 valence electrons. The molecule has 0 amide bonds. The summed E-state index contributed by atoms with van der Waals surface area (Å²) in [5.41, 5.74) is 1.43. The Kier molecular flexibility index (Phi) is 4.56. The summed E-state index contributed by atoms with van der Waals surface area (Å²) in [5, 5.41) is 11.8. The first-order valence-electron chi connectivity index (χ1n) is 6.33. The van der Waals surface area contributed by atoms with E-state index in [4.69, 9.17) is 4.74 Å². The first-order chi connectivity index (χ1) is 9.66. The number of carbonyl (C=O) groups excluding carboxylic acids is 1. The van der Waals surface area contributed by atoms with Gasteiger partial charge in [-0.05, 0) is 17.2 Å². The zero-order valence-electron chi connectivity index (χ0n) is 11.2. The van der Waals surface area contributed by atoms with Crippen molar-refractivity contribution in [2.45, 2.75) is 13.0 Å². The van der Waals surface area contributed by atoms with Crippen molar-refractivity contribution in [3.8, 4) is 5.75 Å². The van der Waals surface area contributed by atoms with Crippen LogP contribution in [0.4, 0.5) is 0 Å². The van der Waals surface area contributed by atoms with Crippen LogP contribution < -0.4 is 5.11 Å². The minimum Gasteiger partial charge on any atom is -0.872 e. The van der Waals surface area contributed by atoms with Crippen LogP contribution in [0, 0.1) is 0 Å². The van der Waals surface area contributed by atoms with Gasteiger partial charge in [-0.25, -0.2) is 0 Å². The van der Waals surface area contributed by atoms with Gasteiger partial charge in [0.25, 0.3) is 0 Å². The first-order valence-corrected chi connectivity index (χ1v) is 6.33. The molecule has 0 radical (unpaired) electrons. The third-order valence-corrected chi connectivity index (χ3v) is 2.78. The topological polar surface area (TPSA) is 49.4 Å². The number of hydrogen-bond acceptors (Lipinski definition) is 3. The second-order valence-corrected chi connectivity index (χ2v) is 4.34. The molecule has 1 atom stereocenters. The van der Waals surface area contributed by atoms with Crippen LogP contribution in [-0.2, 0) is 9.53 Å². The van der Waals surface area contributed by atoms with E-state index >= 15 is 0 Å². The molecule has 0 aromatic heterocycles. The highest BCUT2D eigenvalue weighted by atomic mass is 16.5. The van der Waals surface area contributed by atoms with Gasteiger partial charge >= 0.3 is 5.97 Å². The van der Waals surface area contributed by atoms with Crippen molar-refractivity contribution < 1.29 is 14.6 Å². The van der Waals surface area contributed by atoms with Crippen LogP contribution in [0.15, 0.2) is 60.7 Å². The largest absolute Gasteiger partial charge is 0.872 e. The van der Waals surface area contributed by atoms with Crippen molar-refractivity contribution >= 4 is 12.0 Å². The van der Waals surface area contributed by atoms with E-state index in [9.17, 15) is 9.90 Å². The van der Waals surface area contributed by atoms with Gasteiger partial charge in [0.15, 0.2) is 0 Å². The number of para-hydroxylation sites is 1. The Balaban J connectivity index is 2.27. The molecule has 0 N–H and O–H groups in total. The summed E-state index contributed by atoms with van der Waals surface area (Å²) in [7, 11) is 0. The standard InChI is InChI=1S/C17H16O3/c1-13(18)20-17(15-9-5-6-10-16(15)19)12-11-14-7-3-2-4-8-14/h2-12,17,19H,1H3/p-1/b12-11+. The predicted molar refractivity (Wildman–Crippen MR) is 75.9 cm³/mol. The molecule has 0 bridgehead atoms. The van der Waals surface area contributed by atoms with E-state index in [0.717, 1.165) is 5.56 Å². The molecule has 0 aliphatic rings. The molecule has 0 aliphatic carbocycles. The van der Waals surface area contributed by atoms with E-state index in [0.29, 0.717) is 5.56 Å². The Bertz CT molecular complexity index is 603. The highest BCUT2D eigenvalue weighted by Crippen LogP contribution is 2.26.